The van der Waals surface area contributed by atoms with Crippen LogP contribution >= 0.6 is 0 Å². The van der Waals surface area contributed by atoms with Crippen molar-refractivity contribution in [2.75, 3.05) is 0 Å². The van der Waals surface area contributed by atoms with Crippen molar-refractivity contribution in [2.45, 2.75) is 78.3 Å². The lowest BCUT2D eigenvalue weighted by atomic mass is 9.42. The van der Waals surface area contributed by atoms with Crippen molar-refractivity contribution >= 4 is 23.8 Å². The van der Waals surface area contributed by atoms with Crippen LogP contribution < -0.4 is 0 Å². The number of aliphatic hydroxyl groups excluding tert-OH is 2. The van der Waals surface area contributed by atoms with Gasteiger partial charge in [0.15, 0.2) is 0 Å². The SMILES string of the molecule is C=C1[C@@H](OC(=O)C=Cc2ccccc2)CC[C@@]2(C)[C@@H](O)[C@H](OC(C)=O)[C@@]34[C@H](C)C(=O)C[C@@H]([C@@H](O)[C@]132)C4(C)C. The smallest absolute Gasteiger partial charge is 0.331 e. The Morgan fingerprint density at radius 1 is 1.08 bits per heavy atom. The maximum atomic E-state index is 13.5. The minimum Gasteiger partial charge on any atom is -0.459 e. The summed E-state index contributed by atoms with van der Waals surface area (Å²) in [6.45, 7) is 13.5. The maximum Gasteiger partial charge on any atom is 0.331 e. The number of ether oxygens (including phenoxy) is 2. The Balaban J connectivity index is 1.62. The predicted molar refractivity (Wildman–Crippen MR) is 140 cm³/mol. The summed E-state index contributed by atoms with van der Waals surface area (Å²) in [5.74, 6) is -2.19. The van der Waals surface area contributed by atoms with Crippen molar-refractivity contribution in [1.29, 1.82) is 0 Å². The van der Waals surface area contributed by atoms with Crippen LogP contribution in [-0.4, -0.2) is 52.4 Å². The van der Waals surface area contributed by atoms with Crippen LogP contribution in [0.1, 0.15) is 59.4 Å². The van der Waals surface area contributed by atoms with Crippen molar-refractivity contribution in [3.05, 3.63) is 54.1 Å². The zero-order valence-corrected chi connectivity index (χ0v) is 22.8. The molecule has 0 unspecified atom stereocenters. The van der Waals surface area contributed by atoms with Gasteiger partial charge in [0, 0.05) is 41.6 Å². The zero-order valence-electron chi connectivity index (χ0n) is 22.8. The summed E-state index contributed by atoms with van der Waals surface area (Å²) in [6.07, 6.45) is 0.0855. The second-order valence-corrected chi connectivity index (χ2v) is 12.5. The summed E-state index contributed by atoms with van der Waals surface area (Å²) in [7, 11) is 0. The van der Waals surface area contributed by atoms with Crippen LogP contribution in [0, 0.1) is 33.5 Å². The summed E-state index contributed by atoms with van der Waals surface area (Å²) < 4.78 is 11.9. The largest absolute Gasteiger partial charge is 0.459 e. The number of carbonyl (C=O) groups excluding carboxylic acids is 3. The number of ketones is 1. The van der Waals surface area contributed by atoms with Gasteiger partial charge in [-0.05, 0) is 41.4 Å². The summed E-state index contributed by atoms with van der Waals surface area (Å²) in [5, 5.41) is 24.1. The third kappa shape index (κ3) is 3.00. The van der Waals surface area contributed by atoms with Crippen LogP contribution in [0.3, 0.4) is 0 Å². The fourth-order valence-corrected chi connectivity index (χ4v) is 9.53. The van der Waals surface area contributed by atoms with E-state index in [9.17, 15) is 24.6 Å². The quantitative estimate of drug-likeness (QED) is 0.351. The molecule has 0 radical (unpaired) electrons. The van der Waals surface area contributed by atoms with Crippen molar-refractivity contribution in [1.82, 2.24) is 0 Å². The lowest BCUT2D eigenvalue weighted by molar-refractivity contribution is -0.190. The normalized spacial score (nSPS) is 43.0. The highest BCUT2D eigenvalue weighted by atomic mass is 16.6. The number of fused-ring (bicyclic) bond motifs is 1. The topological polar surface area (TPSA) is 110 Å². The van der Waals surface area contributed by atoms with Gasteiger partial charge in [-0.3, -0.25) is 9.59 Å². The Morgan fingerprint density at radius 2 is 1.74 bits per heavy atom. The highest BCUT2D eigenvalue weighted by molar-refractivity contribution is 5.87. The van der Waals surface area contributed by atoms with Crippen LogP contribution in [0.25, 0.3) is 6.08 Å². The third-order valence-electron chi connectivity index (χ3n) is 10.9. The van der Waals surface area contributed by atoms with E-state index < -0.39 is 69.9 Å². The van der Waals surface area contributed by atoms with E-state index >= 15 is 0 Å². The van der Waals surface area contributed by atoms with Gasteiger partial charge in [0.25, 0.3) is 0 Å². The van der Waals surface area contributed by atoms with Gasteiger partial charge in [0.05, 0.1) is 12.2 Å². The lowest BCUT2D eigenvalue weighted by Gasteiger charge is -2.60. The van der Waals surface area contributed by atoms with Crippen LogP contribution in [0.15, 0.2) is 48.6 Å². The van der Waals surface area contributed by atoms with Crippen LogP contribution in [-0.2, 0) is 23.9 Å². The van der Waals surface area contributed by atoms with Gasteiger partial charge in [0.2, 0.25) is 0 Å². The molecule has 9 atom stereocenters. The molecule has 2 N–H and O–H groups in total. The number of esters is 2. The minimum absolute atomic E-state index is 0.0310. The monoisotopic (exact) mass is 522 g/mol. The Morgan fingerprint density at radius 3 is 2.37 bits per heavy atom. The summed E-state index contributed by atoms with van der Waals surface area (Å²) in [4.78, 5) is 38.8. The van der Waals surface area contributed by atoms with Crippen molar-refractivity contribution < 1.29 is 34.1 Å². The van der Waals surface area contributed by atoms with Crippen LogP contribution in [0.2, 0.25) is 0 Å². The molecule has 2 spiro atoms. The first kappa shape index (κ1) is 26.8. The molecule has 1 aromatic rings. The summed E-state index contributed by atoms with van der Waals surface area (Å²) >= 11 is 0. The van der Waals surface area contributed by atoms with Crippen molar-refractivity contribution in [3.63, 3.8) is 0 Å². The number of rotatable bonds is 4. The first-order valence-electron chi connectivity index (χ1n) is 13.5. The minimum atomic E-state index is -1.22. The van der Waals surface area contributed by atoms with E-state index in [1.54, 1.807) is 6.08 Å². The number of carbonyl (C=O) groups is 3. The average Bonchev–Trinajstić information content (AvgIpc) is 3.09. The first-order valence-corrected chi connectivity index (χ1v) is 13.5. The molecule has 0 aromatic heterocycles. The predicted octanol–water partition coefficient (Wildman–Crippen LogP) is 3.87. The van der Waals surface area contributed by atoms with Gasteiger partial charge in [-0.2, -0.15) is 0 Å². The van der Waals surface area contributed by atoms with E-state index in [4.69, 9.17) is 9.47 Å². The van der Waals surface area contributed by atoms with Gasteiger partial charge in [-0.25, -0.2) is 4.79 Å². The number of aliphatic hydroxyl groups is 2. The molecule has 38 heavy (non-hydrogen) atoms. The van der Waals surface area contributed by atoms with Crippen LogP contribution in [0.4, 0.5) is 0 Å². The molecule has 1 aromatic carbocycles. The fraction of sp³-hybridized carbons (Fsp3) is 0.581. The molecule has 4 aliphatic carbocycles. The van der Waals surface area contributed by atoms with E-state index in [-0.39, 0.29) is 12.2 Å². The Hall–Kier alpha value is -2.77. The molecule has 7 nitrogen and oxygen atoms in total. The fourth-order valence-electron chi connectivity index (χ4n) is 9.53. The average molecular weight is 523 g/mol. The number of benzene rings is 1. The molecule has 204 valence electrons. The van der Waals surface area contributed by atoms with Crippen molar-refractivity contribution in [3.8, 4) is 0 Å². The second kappa shape index (κ2) is 8.62. The van der Waals surface area contributed by atoms with Gasteiger partial charge in [-0.1, -0.05) is 64.6 Å². The third-order valence-corrected chi connectivity index (χ3v) is 10.9. The molecular weight excluding hydrogens is 484 g/mol. The van der Waals surface area contributed by atoms with E-state index in [0.717, 1.165) is 5.56 Å². The highest BCUT2D eigenvalue weighted by Gasteiger charge is 2.90. The molecule has 0 aliphatic heterocycles. The van der Waals surface area contributed by atoms with E-state index in [0.29, 0.717) is 18.4 Å². The van der Waals surface area contributed by atoms with Crippen molar-refractivity contribution in [2.24, 2.45) is 33.5 Å². The van der Waals surface area contributed by atoms with Gasteiger partial charge < -0.3 is 19.7 Å². The maximum absolute atomic E-state index is 13.5. The zero-order chi connectivity index (χ0) is 27.8. The van der Waals surface area contributed by atoms with Gasteiger partial charge >= 0.3 is 11.9 Å². The molecule has 7 heteroatoms. The molecule has 4 aliphatic rings. The summed E-state index contributed by atoms with van der Waals surface area (Å²) in [6, 6.07) is 9.40. The molecule has 4 saturated carbocycles. The lowest BCUT2D eigenvalue weighted by Crippen LogP contribution is -2.63. The first-order chi connectivity index (χ1) is 17.8. The number of hydrogen-bond donors (Lipinski definition) is 2. The Kier molecular flexibility index (Phi) is 6.08. The second-order valence-electron chi connectivity index (χ2n) is 12.5. The van der Waals surface area contributed by atoms with Gasteiger partial charge in [0.1, 0.15) is 18.0 Å². The molecule has 2 bridgehead atoms. The molecule has 0 heterocycles. The highest BCUT2D eigenvalue weighted by Crippen LogP contribution is 2.85. The van der Waals surface area contributed by atoms with Crippen LogP contribution in [0.5, 0.6) is 0 Å². The number of Topliss-reactive ketones (excluding diaryl/α,β-unsaturated/α-hetero) is 1. The summed E-state index contributed by atoms with van der Waals surface area (Å²) in [5.41, 5.74) is -2.66. The van der Waals surface area contributed by atoms with E-state index in [1.807, 2.05) is 58.0 Å². The molecule has 5 rings (SSSR count). The Bertz CT molecular complexity index is 1220. The Labute approximate surface area is 223 Å². The van der Waals surface area contributed by atoms with E-state index in [2.05, 4.69) is 6.58 Å². The standard InChI is InChI=1S/C31H38O7/c1-17-22(33)16-21-25(35)30-18(2)23(38-24(34)13-12-20-10-8-7-9-11-20)14-15-29(30,6)26(36)27(37-19(3)32)31(17,30)28(21,4)5/h7-13,17,21,23,25-27,35-36H,2,14-16H2,1,3-6H3/t17-,21+,23+,25-,26+,27+,29+,30+,31-/m1/s1. The van der Waals surface area contributed by atoms with Gasteiger partial charge in [-0.15, -0.1) is 0 Å². The molecular formula is C31H38O7. The molecule has 4 fully saturated rings. The molecule has 0 amide bonds. The number of hydrogen-bond acceptors (Lipinski definition) is 7. The van der Waals surface area contributed by atoms with E-state index in [1.165, 1.54) is 13.0 Å². The molecule has 0 saturated heterocycles.